The molecule has 3 aromatic rings. The van der Waals surface area contributed by atoms with Crippen LogP contribution >= 0.6 is 11.3 Å². The van der Waals surface area contributed by atoms with Crippen LogP contribution < -0.4 is 4.90 Å². The van der Waals surface area contributed by atoms with Crippen LogP contribution in [0.5, 0.6) is 0 Å². The SMILES string of the molecule is Cc1ccc(C(=O)N(Cc2cccs2)c2ccc(F)cc2)cc1. The fourth-order valence-corrected chi connectivity index (χ4v) is 3.00. The minimum atomic E-state index is -0.312. The number of rotatable bonds is 4. The molecular weight excluding hydrogens is 309 g/mol. The summed E-state index contributed by atoms with van der Waals surface area (Å²) in [6, 6.07) is 17.4. The number of halogens is 1. The molecule has 0 aliphatic carbocycles. The van der Waals surface area contributed by atoms with E-state index in [1.807, 2.05) is 48.7 Å². The number of amides is 1. The number of thiophene rings is 1. The monoisotopic (exact) mass is 325 g/mol. The molecule has 2 aromatic carbocycles. The first-order valence-electron chi connectivity index (χ1n) is 7.30. The van der Waals surface area contributed by atoms with Crippen LogP contribution in [-0.4, -0.2) is 5.91 Å². The predicted octanol–water partition coefficient (Wildman–Crippen LogP) is 5.04. The lowest BCUT2D eigenvalue weighted by Crippen LogP contribution is -2.30. The third-order valence-electron chi connectivity index (χ3n) is 3.58. The normalized spacial score (nSPS) is 10.5. The van der Waals surface area contributed by atoms with Crippen LogP contribution in [0, 0.1) is 12.7 Å². The molecule has 0 N–H and O–H groups in total. The van der Waals surface area contributed by atoms with Crippen molar-refractivity contribution < 1.29 is 9.18 Å². The molecule has 0 saturated carbocycles. The fraction of sp³-hybridized carbons (Fsp3) is 0.105. The van der Waals surface area contributed by atoms with Crippen molar-refractivity contribution in [2.45, 2.75) is 13.5 Å². The van der Waals surface area contributed by atoms with E-state index in [-0.39, 0.29) is 11.7 Å². The van der Waals surface area contributed by atoms with Gasteiger partial charge in [-0.3, -0.25) is 4.79 Å². The molecule has 1 amide bonds. The topological polar surface area (TPSA) is 20.3 Å². The van der Waals surface area contributed by atoms with Crippen molar-refractivity contribution in [1.82, 2.24) is 0 Å². The smallest absolute Gasteiger partial charge is 0.258 e. The van der Waals surface area contributed by atoms with Gasteiger partial charge in [-0.15, -0.1) is 11.3 Å². The van der Waals surface area contributed by atoms with Crippen LogP contribution in [-0.2, 0) is 6.54 Å². The van der Waals surface area contributed by atoms with Gasteiger partial charge < -0.3 is 4.90 Å². The number of hydrogen-bond acceptors (Lipinski definition) is 2. The predicted molar refractivity (Wildman–Crippen MR) is 92.4 cm³/mol. The van der Waals surface area contributed by atoms with Gasteiger partial charge >= 0.3 is 0 Å². The van der Waals surface area contributed by atoms with Crippen LogP contribution in [0.4, 0.5) is 10.1 Å². The highest BCUT2D eigenvalue weighted by molar-refractivity contribution is 7.09. The van der Waals surface area contributed by atoms with Gasteiger partial charge in [0.15, 0.2) is 0 Å². The summed E-state index contributed by atoms with van der Waals surface area (Å²) in [5.74, 6) is -0.405. The molecule has 0 radical (unpaired) electrons. The van der Waals surface area contributed by atoms with Crippen LogP contribution in [0.3, 0.4) is 0 Å². The second kappa shape index (κ2) is 6.75. The number of carbonyl (C=O) groups excluding carboxylic acids is 1. The van der Waals surface area contributed by atoms with Gasteiger partial charge in [0, 0.05) is 16.1 Å². The van der Waals surface area contributed by atoms with E-state index in [0.717, 1.165) is 10.4 Å². The molecule has 0 saturated heterocycles. The van der Waals surface area contributed by atoms with Gasteiger partial charge in [0.2, 0.25) is 0 Å². The molecule has 0 atom stereocenters. The van der Waals surface area contributed by atoms with Crippen molar-refractivity contribution >= 4 is 22.9 Å². The average molecular weight is 325 g/mol. The minimum Gasteiger partial charge on any atom is -0.303 e. The number of hydrogen-bond donors (Lipinski definition) is 0. The largest absolute Gasteiger partial charge is 0.303 e. The van der Waals surface area contributed by atoms with E-state index in [2.05, 4.69) is 0 Å². The Balaban J connectivity index is 1.95. The minimum absolute atomic E-state index is 0.0926. The van der Waals surface area contributed by atoms with Crippen molar-refractivity contribution in [1.29, 1.82) is 0 Å². The Morgan fingerprint density at radius 3 is 2.35 bits per heavy atom. The molecule has 116 valence electrons. The maximum atomic E-state index is 13.2. The van der Waals surface area contributed by atoms with Gasteiger partial charge in [-0.05, 0) is 54.8 Å². The highest BCUT2D eigenvalue weighted by Gasteiger charge is 2.18. The van der Waals surface area contributed by atoms with Gasteiger partial charge in [-0.25, -0.2) is 4.39 Å². The van der Waals surface area contributed by atoms with Gasteiger partial charge in [0.1, 0.15) is 5.82 Å². The maximum absolute atomic E-state index is 13.2. The first-order valence-corrected chi connectivity index (χ1v) is 8.18. The lowest BCUT2D eigenvalue weighted by Gasteiger charge is -2.22. The van der Waals surface area contributed by atoms with Crippen molar-refractivity contribution in [3.63, 3.8) is 0 Å². The first-order chi connectivity index (χ1) is 11.1. The van der Waals surface area contributed by atoms with Gasteiger partial charge in [-0.2, -0.15) is 0 Å². The lowest BCUT2D eigenvalue weighted by molar-refractivity contribution is 0.0985. The fourth-order valence-electron chi connectivity index (χ4n) is 2.31. The van der Waals surface area contributed by atoms with Crippen LogP contribution in [0.15, 0.2) is 66.0 Å². The molecule has 4 heteroatoms. The highest BCUT2D eigenvalue weighted by Crippen LogP contribution is 2.22. The third-order valence-corrected chi connectivity index (χ3v) is 4.44. The zero-order valence-electron chi connectivity index (χ0n) is 12.7. The summed E-state index contributed by atoms with van der Waals surface area (Å²) in [5, 5.41) is 1.98. The summed E-state index contributed by atoms with van der Waals surface area (Å²) in [7, 11) is 0. The second-order valence-corrected chi connectivity index (χ2v) is 6.35. The van der Waals surface area contributed by atoms with Gasteiger partial charge in [0.25, 0.3) is 5.91 Å². The van der Waals surface area contributed by atoms with Crippen molar-refractivity contribution in [3.05, 3.63) is 87.9 Å². The molecule has 0 bridgehead atoms. The molecule has 1 aromatic heterocycles. The molecule has 0 unspecified atom stereocenters. The Kier molecular flexibility index (Phi) is 4.53. The molecule has 3 rings (SSSR count). The average Bonchev–Trinajstić information content (AvgIpc) is 3.07. The van der Waals surface area contributed by atoms with E-state index in [4.69, 9.17) is 0 Å². The second-order valence-electron chi connectivity index (χ2n) is 5.31. The molecule has 0 aliphatic rings. The summed E-state index contributed by atoms with van der Waals surface area (Å²) in [5.41, 5.74) is 2.41. The van der Waals surface area contributed by atoms with Crippen LogP contribution in [0.1, 0.15) is 20.8 Å². The van der Waals surface area contributed by atoms with E-state index in [1.165, 1.54) is 12.1 Å². The Labute approximate surface area is 138 Å². The summed E-state index contributed by atoms with van der Waals surface area (Å²) in [6.45, 7) is 2.45. The Bertz CT molecular complexity index is 779. The van der Waals surface area contributed by atoms with Gasteiger partial charge in [-0.1, -0.05) is 23.8 Å². The molecule has 23 heavy (non-hydrogen) atoms. The zero-order chi connectivity index (χ0) is 16.2. The van der Waals surface area contributed by atoms with E-state index in [1.54, 1.807) is 28.4 Å². The summed E-state index contributed by atoms with van der Waals surface area (Å²) >= 11 is 1.60. The quantitative estimate of drug-likeness (QED) is 0.658. The number of nitrogens with zero attached hydrogens (tertiary/aromatic N) is 1. The molecule has 1 heterocycles. The molecule has 2 nitrogen and oxygen atoms in total. The third kappa shape index (κ3) is 3.66. The van der Waals surface area contributed by atoms with Crippen LogP contribution in [0.2, 0.25) is 0 Å². The molecular formula is C19H16FNOS. The van der Waals surface area contributed by atoms with Crippen LogP contribution in [0.25, 0.3) is 0 Å². The zero-order valence-corrected chi connectivity index (χ0v) is 13.5. The molecule has 0 aliphatic heterocycles. The van der Waals surface area contributed by atoms with E-state index < -0.39 is 0 Å². The number of carbonyl (C=O) groups is 1. The van der Waals surface area contributed by atoms with E-state index in [9.17, 15) is 9.18 Å². The maximum Gasteiger partial charge on any atom is 0.258 e. The standard InChI is InChI=1S/C19H16FNOS/c1-14-4-6-15(7-5-14)19(22)21(13-18-3-2-12-23-18)17-10-8-16(20)9-11-17/h2-12H,13H2,1H3. The Morgan fingerprint density at radius 1 is 1.04 bits per heavy atom. The van der Waals surface area contributed by atoms with Crippen molar-refractivity contribution in [2.75, 3.05) is 4.90 Å². The molecule has 0 spiro atoms. The van der Waals surface area contributed by atoms with Crippen molar-refractivity contribution in [3.8, 4) is 0 Å². The summed E-state index contributed by atoms with van der Waals surface area (Å²) in [6.07, 6.45) is 0. The first kappa shape index (κ1) is 15.4. The van der Waals surface area contributed by atoms with E-state index in [0.29, 0.717) is 17.8 Å². The number of aryl methyl sites for hydroxylation is 1. The summed E-state index contributed by atoms with van der Waals surface area (Å²) in [4.78, 5) is 15.7. The summed E-state index contributed by atoms with van der Waals surface area (Å²) < 4.78 is 13.2. The Morgan fingerprint density at radius 2 is 1.74 bits per heavy atom. The number of anilines is 1. The number of benzene rings is 2. The Hall–Kier alpha value is -2.46. The lowest BCUT2D eigenvalue weighted by atomic mass is 10.1. The van der Waals surface area contributed by atoms with E-state index >= 15 is 0 Å². The van der Waals surface area contributed by atoms with Gasteiger partial charge in [0.05, 0.1) is 6.54 Å². The molecule has 0 fully saturated rings. The van der Waals surface area contributed by atoms with Crippen molar-refractivity contribution in [2.24, 2.45) is 0 Å². The highest BCUT2D eigenvalue weighted by atomic mass is 32.1.